The van der Waals surface area contributed by atoms with Crippen molar-refractivity contribution < 1.29 is 22.7 Å². The van der Waals surface area contributed by atoms with Gasteiger partial charge in [0.2, 0.25) is 15.9 Å². The zero-order chi connectivity index (χ0) is 32.6. The van der Waals surface area contributed by atoms with E-state index in [1.54, 1.807) is 6.07 Å². The molecule has 0 aromatic heterocycles. The fraction of sp³-hybridized carbons (Fsp3) is 0.562. The van der Waals surface area contributed by atoms with Gasteiger partial charge in [0.05, 0.1) is 24.7 Å². The van der Waals surface area contributed by atoms with E-state index in [1.807, 2.05) is 70.5 Å². The topological polar surface area (TPSA) is 123 Å². The number of anilines is 3. The van der Waals surface area contributed by atoms with Gasteiger partial charge in [-0.3, -0.25) is 14.4 Å². The van der Waals surface area contributed by atoms with Gasteiger partial charge < -0.3 is 25.2 Å². The molecule has 2 aromatic carbocycles. The molecule has 2 aliphatic heterocycles. The average Bonchev–Trinajstić information content (AvgIpc) is 3.24. The molecule has 3 amide bonds. The van der Waals surface area contributed by atoms with Crippen LogP contribution in [-0.4, -0.2) is 88.3 Å². The van der Waals surface area contributed by atoms with Crippen molar-refractivity contribution in [2.24, 2.45) is 0 Å². The van der Waals surface area contributed by atoms with E-state index >= 15 is 0 Å². The molecule has 242 valence electrons. The Morgan fingerprint density at radius 1 is 1.00 bits per heavy atom. The lowest BCUT2D eigenvalue weighted by Crippen LogP contribution is -2.54. The van der Waals surface area contributed by atoms with Crippen LogP contribution in [0.4, 0.5) is 21.9 Å². The van der Waals surface area contributed by atoms with Gasteiger partial charge in [-0.2, -0.15) is 0 Å². The number of fused-ring (bicyclic) bond motifs is 1. The lowest BCUT2D eigenvalue weighted by atomic mass is 9.86. The molecule has 2 aromatic rings. The SMILES string of the molecule is COc1c(NC(=O)C2Cc3cccc(CN4CCN(C(=O)NC(C)(C)C)CC4)c3N2C)cc(C(C)(C)C)cc1NS(C)(=O)=O. The Bertz CT molecular complexity index is 1500. The number of hydrogen-bond acceptors (Lipinski definition) is 7. The minimum Gasteiger partial charge on any atom is -0.492 e. The van der Waals surface area contributed by atoms with Crippen LogP contribution in [0.2, 0.25) is 0 Å². The highest BCUT2D eigenvalue weighted by molar-refractivity contribution is 7.92. The maximum Gasteiger partial charge on any atom is 0.317 e. The molecule has 2 aliphatic rings. The number of sulfonamides is 1. The van der Waals surface area contributed by atoms with Crippen molar-refractivity contribution in [3.05, 3.63) is 47.0 Å². The van der Waals surface area contributed by atoms with Crippen LogP contribution in [0.25, 0.3) is 0 Å². The van der Waals surface area contributed by atoms with Crippen LogP contribution in [0.5, 0.6) is 5.75 Å². The second-order valence-electron chi connectivity index (χ2n) is 13.9. The van der Waals surface area contributed by atoms with Crippen LogP contribution >= 0.6 is 0 Å². The first-order valence-corrected chi connectivity index (χ1v) is 16.9. The zero-order valence-electron chi connectivity index (χ0n) is 27.5. The maximum atomic E-state index is 13.8. The van der Waals surface area contributed by atoms with Crippen LogP contribution in [0.3, 0.4) is 0 Å². The second kappa shape index (κ2) is 12.5. The Kier molecular flexibility index (Phi) is 9.46. The molecule has 4 rings (SSSR count). The van der Waals surface area contributed by atoms with Gasteiger partial charge in [-0.05, 0) is 55.0 Å². The number of hydrogen-bond donors (Lipinski definition) is 3. The minimum atomic E-state index is -3.59. The van der Waals surface area contributed by atoms with Gasteiger partial charge >= 0.3 is 6.03 Å². The molecular formula is C32H48N6O5S. The number of piperazine rings is 1. The molecule has 0 saturated carbocycles. The largest absolute Gasteiger partial charge is 0.492 e. The minimum absolute atomic E-state index is 0.0322. The molecule has 0 aliphatic carbocycles. The Hall–Kier alpha value is -3.51. The summed E-state index contributed by atoms with van der Waals surface area (Å²) >= 11 is 0. The molecule has 0 radical (unpaired) electrons. The molecule has 1 fully saturated rings. The molecule has 2 heterocycles. The number of carbonyl (C=O) groups is 2. The number of urea groups is 1. The smallest absolute Gasteiger partial charge is 0.317 e. The summed E-state index contributed by atoms with van der Waals surface area (Å²) in [7, 11) is -0.195. The number of likely N-dealkylation sites (N-methyl/N-ethyl adjacent to an activating group) is 1. The fourth-order valence-electron chi connectivity index (χ4n) is 5.78. The molecule has 1 unspecified atom stereocenters. The number of methoxy groups -OCH3 is 1. The maximum absolute atomic E-state index is 13.8. The van der Waals surface area contributed by atoms with Gasteiger partial charge in [0.15, 0.2) is 5.75 Å². The van der Waals surface area contributed by atoms with Crippen molar-refractivity contribution in [2.45, 2.75) is 71.5 Å². The van der Waals surface area contributed by atoms with E-state index in [-0.39, 0.29) is 34.3 Å². The molecule has 44 heavy (non-hydrogen) atoms. The standard InChI is InChI=1S/C32H48N6O5S/c1-31(2,3)23-18-24(28(43-8)25(19-23)35-44(9,41)42)33-29(39)26-17-21-11-10-12-22(27(21)36(26)7)20-37-13-15-38(16-14-37)30(40)34-32(4,5)6/h10-12,18-19,26,35H,13-17,20H2,1-9H3,(H,33,39)(H,34,40). The Morgan fingerprint density at radius 2 is 1.64 bits per heavy atom. The molecule has 3 N–H and O–H groups in total. The van der Waals surface area contributed by atoms with Crippen molar-refractivity contribution in [1.29, 1.82) is 0 Å². The van der Waals surface area contributed by atoms with E-state index in [9.17, 15) is 18.0 Å². The van der Waals surface area contributed by atoms with E-state index < -0.39 is 16.1 Å². The highest BCUT2D eigenvalue weighted by Crippen LogP contribution is 2.40. The Morgan fingerprint density at radius 3 is 2.20 bits per heavy atom. The summed E-state index contributed by atoms with van der Waals surface area (Å²) in [6.45, 7) is 15.6. The molecular weight excluding hydrogens is 580 g/mol. The van der Waals surface area contributed by atoms with Crippen LogP contribution in [0.1, 0.15) is 58.2 Å². The molecule has 12 heteroatoms. The molecule has 1 saturated heterocycles. The third kappa shape index (κ3) is 7.95. The first kappa shape index (κ1) is 33.4. The lowest BCUT2D eigenvalue weighted by molar-refractivity contribution is -0.117. The number of ether oxygens (including phenoxy) is 1. The van der Waals surface area contributed by atoms with Gasteiger partial charge in [0.1, 0.15) is 6.04 Å². The zero-order valence-corrected chi connectivity index (χ0v) is 28.3. The van der Waals surface area contributed by atoms with Crippen LogP contribution in [-0.2, 0) is 33.2 Å². The third-order valence-electron chi connectivity index (χ3n) is 7.99. The van der Waals surface area contributed by atoms with Crippen LogP contribution in [0.15, 0.2) is 30.3 Å². The molecule has 0 bridgehead atoms. The summed E-state index contributed by atoms with van der Waals surface area (Å²) in [5.74, 6) is 0.0498. The van der Waals surface area contributed by atoms with E-state index in [1.165, 1.54) is 7.11 Å². The summed E-state index contributed by atoms with van der Waals surface area (Å²) in [4.78, 5) is 32.7. The molecule has 1 atom stereocenters. The van der Waals surface area contributed by atoms with Gasteiger partial charge in [-0.25, -0.2) is 13.2 Å². The Balaban J connectivity index is 1.50. The highest BCUT2D eigenvalue weighted by Gasteiger charge is 2.35. The van der Waals surface area contributed by atoms with Gasteiger partial charge in [-0.15, -0.1) is 0 Å². The number of rotatable bonds is 7. The third-order valence-corrected chi connectivity index (χ3v) is 8.58. The van der Waals surface area contributed by atoms with Gasteiger partial charge in [0.25, 0.3) is 0 Å². The quantitative estimate of drug-likeness (QED) is 0.424. The summed E-state index contributed by atoms with van der Waals surface area (Å²) < 4.78 is 32.4. The number of nitrogens with one attached hydrogen (secondary N) is 3. The number of benzene rings is 2. The van der Waals surface area contributed by atoms with Gasteiger partial charge in [0, 0.05) is 57.4 Å². The normalized spacial score (nSPS) is 17.7. The molecule has 0 spiro atoms. The summed E-state index contributed by atoms with van der Waals surface area (Å²) in [6, 6.07) is 9.30. The fourth-order valence-corrected chi connectivity index (χ4v) is 6.33. The predicted molar refractivity (Wildman–Crippen MR) is 176 cm³/mol. The van der Waals surface area contributed by atoms with E-state index in [4.69, 9.17) is 4.74 Å². The van der Waals surface area contributed by atoms with E-state index in [2.05, 4.69) is 32.4 Å². The van der Waals surface area contributed by atoms with Crippen molar-refractivity contribution in [1.82, 2.24) is 15.1 Å². The highest BCUT2D eigenvalue weighted by atomic mass is 32.2. The number of carbonyl (C=O) groups excluding carboxylic acids is 2. The van der Waals surface area contributed by atoms with E-state index in [0.29, 0.717) is 25.2 Å². The lowest BCUT2D eigenvalue weighted by Gasteiger charge is -2.36. The van der Waals surface area contributed by atoms with Crippen LogP contribution in [0, 0.1) is 0 Å². The van der Waals surface area contributed by atoms with Crippen molar-refractivity contribution in [2.75, 3.05) is 61.5 Å². The monoisotopic (exact) mass is 628 g/mol. The first-order valence-electron chi connectivity index (χ1n) is 15.0. The molecule has 11 nitrogen and oxygen atoms in total. The predicted octanol–water partition coefficient (Wildman–Crippen LogP) is 3.99. The van der Waals surface area contributed by atoms with Crippen molar-refractivity contribution >= 4 is 39.0 Å². The Labute approximate surface area is 262 Å². The summed E-state index contributed by atoms with van der Waals surface area (Å²) in [5, 5.41) is 6.09. The van der Waals surface area contributed by atoms with Crippen molar-refractivity contribution in [3.8, 4) is 5.75 Å². The number of para-hydroxylation sites is 1. The number of amides is 3. The van der Waals surface area contributed by atoms with Crippen LogP contribution < -0.4 is 25.0 Å². The first-order chi connectivity index (χ1) is 20.4. The number of nitrogens with zero attached hydrogens (tertiary/aromatic N) is 3. The van der Waals surface area contributed by atoms with Crippen molar-refractivity contribution in [3.63, 3.8) is 0 Å². The summed E-state index contributed by atoms with van der Waals surface area (Å²) in [5.41, 5.74) is 4.24. The van der Waals surface area contributed by atoms with E-state index in [0.717, 1.165) is 48.3 Å². The second-order valence-corrected chi connectivity index (χ2v) is 15.7. The average molecular weight is 629 g/mol. The van der Waals surface area contributed by atoms with Gasteiger partial charge in [-0.1, -0.05) is 39.0 Å². The summed E-state index contributed by atoms with van der Waals surface area (Å²) in [6.07, 6.45) is 1.63.